The molecule has 0 saturated heterocycles. The Bertz CT molecular complexity index is 1880. The monoisotopic (exact) mass is 550 g/mol. The van der Waals surface area contributed by atoms with E-state index in [2.05, 4.69) is 124 Å². The van der Waals surface area contributed by atoms with Crippen molar-refractivity contribution >= 4 is 27.5 Å². The van der Waals surface area contributed by atoms with E-state index in [9.17, 15) is 0 Å². The summed E-state index contributed by atoms with van der Waals surface area (Å²) in [5.74, 6) is 3.16. The van der Waals surface area contributed by atoms with Crippen molar-refractivity contribution in [3.63, 3.8) is 0 Å². The SMILES string of the molecule is CN1C2C=CC=CC2=CN1c1cc(Oc2ccc3c4ccccc4n(-c4ccccn4)c3c2)cc(C2CCCCC2)c1. The molecule has 1 unspecified atom stereocenters. The Morgan fingerprint density at radius 2 is 1.64 bits per heavy atom. The summed E-state index contributed by atoms with van der Waals surface area (Å²) in [6.45, 7) is 0. The lowest BCUT2D eigenvalue weighted by Crippen LogP contribution is -2.37. The van der Waals surface area contributed by atoms with Crippen LogP contribution in [0.5, 0.6) is 11.5 Å². The molecule has 3 aromatic carbocycles. The second-order valence-electron chi connectivity index (χ2n) is 11.7. The first-order valence-corrected chi connectivity index (χ1v) is 15.1. The maximum atomic E-state index is 6.73. The van der Waals surface area contributed by atoms with E-state index in [-0.39, 0.29) is 6.04 Å². The number of pyridine rings is 1. The van der Waals surface area contributed by atoms with Gasteiger partial charge in [-0.05, 0) is 72.4 Å². The van der Waals surface area contributed by atoms with Gasteiger partial charge in [0.1, 0.15) is 17.3 Å². The predicted octanol–water partition coefficient (Wildman–Crippen LogP) is 9.06. The van der Waals surface area contributed by atoms with Crippen LogP contribution in [0.25, 0.3) is 27.6 Å². The fraction of sp³-hybridized carbons (Fsp3) is 0.216. The van der Waals surface area contributed by atoms with Crippen molar-refractivity contribution < 1.29 is 4.74 Å². The van der Waals surface area contributed by atoms with Gasteiger partial charge in [0.05, 0.1) is 22.8 Å². The normalized spacial score (nSPS) is 19.0. The van der Waals surface area contributed by atoms with Gasteiger partial charge in [0.2, 0.25) is 0 Å². The Balaban J connectivity index is 1.22. The van der Waals surface area contributed by atoms with E-state index in [1.807, 2.05) is 18.3 Å². The largest absolute Gasteiger partial charge is 0.457 e. The maximum Gasteiger partial charge on any atom is 0.137 e. The molecule has 3 heterocycles. The van der Waals surface area contributed by atoms with Gasteiger partial charge in [-0.15, -0.1) is 0 Å². The number of ether oxygens (including phenoxy) is 1. The topological polar surface area (TPSA) is 33.5 Å². The zero-order valence-electron chi connectivity index (χ0n) is 23.9. The summed E-state index contributed by atoms with van der Waals surface area (Å²) in [5.41, 5.74) is 6.04. The van der Waals surface area contributed by atoms with Gasteiger partial charge in [-0.1, -0.05) is 67.8 Å². The van der Waals surface area contributed by atoms with E-state index in [4.69, 9.17) is 4.74 Å². The zero-order chi connectivity index (χ0) is 28.0. The molecule has 0 amide bonds. The van der Waals surface area contributed by atoms with Crippen LogP contribution in [0.4, 0.5) is 5.69 Å². The number of hydrazine groups is 1. The minimum atomic E-state index is 0.258. The molecule has 0 N–H and O–H groups in total. The number of rotatable bonds is 5. The first-order valence-electron chi connectivity index (χ1n) is 15.1. The summed E-state index contributed by atoms with van der Waals surface area (Å²) < 4.78 is 8.96. The Morgan fingerprint density at radius 1 is 0.786 bits per heavy atom. The van der Waals surface area contributed by atoms with Crippen LogP contribution in [0.1, 0.15) is 43.6 Å². The van der Waals surface area contributed by atoms with Crippen molar-refractivity contribution in [2.75, 3.05) is 12.1 Å². The highest BCUT2D eigenvalue weighted by atomic mass is 16.5. The summed E-state index contributed by atoms with van der Waals surface area (Å²) in [4.78, 5) is 4.69. The van der Waals surface area contributed by atoms with Gasteiger partial charge >= 0.3 is 0 Å². The predicted molar refractivity (Wildman–Crippen MR) is 171 cm³/mol. The van der Waals surface area contributed by atoms with Crippen LogP contribution in [0.2, 0.25) is 0 Å². The number of anilines is 1. The lowest BCUT2D eigenvalue weighted by atomic mass is 9.84. The molecule has 5 aromatic rings. The average molecular weight is 551 g/mol. The molecule has 0 spiro atoms. The smallest absolute Gasteiger partial charge is 0.137 e. The standard InChI is InChI=1S/C37H34N4O/c1-39-34-15-7-5-13-27(34)25-40(39)29-21-28(26-11-3-2-4-12-26)22-31(23-29)42-30-18-19-33-32-14-6-8-16-35(32)41(36(33)24-30)37-17-9-10-20-38-37/h5-10,13-26,34H,2-4,11-12H2,1H3. The van der Waals surface area contributed by atoms with Crippen molar-refractivity contribution in [1.82, 2.24) is 14.6 Å². The first-order chi connectivity index (χ1) is 20.7. The number of hydrogen-bond donors (Lipinski definition) is 0. The van der Waals surface area contributed by atoms with Gasteiger partial charge < -0.3 is 4.74 Å². The summed E-state index contributed by atoms with van der Waals surface area (Å²) in [6, 6.07) is 28.1. The number of fused-ring (bicyclic) bond motifs is 4. The fourth-order valence-corrected chi connectivity index (χ4v) is 6.98. The van der Waals surface area contributed by atoms with Gasteiger partial charge in [-0.2, -0.15) is 0 Å². The van der Waals surface area contributed by atoms with Gasteiger partial charge in [-0.25, -0.2) is 9.99 Å². The third-order valence-corrected chi connectivity index (χ3v) is 9.06. The Kier molecular flexibility index (Phi) is 6.19. The second kappa shape index (κ2) is 10.3. The minimum absolute atomic E-state index is 0.258. The number of aromatic nitrogens is 2. The van der Waals surface area contributed by atoms with Gasteiger partial charge in [0.15, 0.2) is 0 Å². The zero-order valence-corrected chi connectivity index (χ0v) is 23.9. The van der Waals surface area contributed by atoms with Crippen LogP contribution in [0.15, 0.2) is 121 Å². The third kappa shape index (κ3) is 4.32. The average Bonchev–Trinajstić information content (AvgIpc) is 3.56. The summed E-state index contributed by atoms with van der Waals surface area (Å²) >= 11 is 0. The molecule has 42 heavy (non-hydrogen) atoms. The molecule has 0 radical (unpaired) electrons. The quantitative estimate of drug-likeness (QED) is 0.219. The molecule has 8 rings (SSSR count). The van der Waals surface area contributed by atoms with Crippen LogP contribution in [0.3, 0.4) is 0 Å². The van der Waals surface area contributed by atoms with E-state index >= 15 is 0 Å². The highest BCUT2D eigenvalue weighted by Gasteiger charge is 2.30. The van der Waals surface area contributed by atoms with Crippen molar-refractivity contribution in [2.24, 2.45) is 0 Å². The molecular formula is C37H34N4O. The van der Waals surface area contributed by atoms with E-state index in [0.717, 1.165) is 34.0 Å². The fourth-order valence-electron chi connectivity index (χ4n) is 6.98. The molecular weight excluding hydrogens is 516 g/mol. The van der Waals surface area contributed by atoms with E-state index < -0.39 is 0 Å². The van der Waals surface area contributed by atoms with Crippen molar-refractivity contribution in [3.05, 3.63) is 127 Å². The summed E-state index contributed by atoms with van der Waals surface area (Å²) in [6.07, 6.45) is 19.2. The molecule has 5 nitrogen and oxygen atoms in total. The van der Waals surface area contributed by atoms with Gasteiger partial charge in [0, 0.05) is 42.3 Å². The van der Waals surface area contributed by atoms with Crippen molar-refractivity contribution in [1.29, 1.82) is 0 Å². The van der Waals surface area contributed by atoms with Crippen LogP contribution in [-0.4, -0.2) is 27.6 Å². The van der Waals surface area contributed by atoms with Crippen LogP contribution >= 0.6 is 0 Å². The summed E-state index contributed by atoms with van der Waals surface area (Å²) in [7, 11) is 2.16. The second-order valence-corrected chi connectivity index (χ2v) is 11.7. The molecule has 1 atom stereocenters. The molecule has 1 fully saturated rings. The number of nitrogens with zero attached hydrogens (tertiary/aromatic N) is 4. The lowest BCUT2D eigenvalue weighted by Gasteiger charge is -2.31. The van der Waals surface area contributed by atoms with Crippen molar-refractivity contribution in [3.8, 4) is 17.3 Å². The van der Waals surface area contributed by atoms with Gasteiger partial charge in [0.25, 0.3) is 0 Å². The molecule has 0 bridgehead atoms. The van der Waals surface area contributed by atoms with E-state index in [0.29, 0.717) is 5.92 Å². The summed E-state index contributed by atoms with van der Waals surface area (Å²) in [5, 5.41) is 6.98. The Morgan fingerprint density at radius 3 is 2.50 bits per heavy atom. The van der Waals surface area contributed by atoms with Gasteiger partial charge in [-0.3, -0.25) is 9.58 Å². The molecule has 2 aliphatic carbocycles. The van der Waals surface area contributed by atoms with Crippen molar-refractivity contribution in [2.45, 2.75) is 44.1 Å². The maximum absolute atomic E-state index is 6.73. The highest BCUT2D eigenvalue weighted by molar-refractivity contribution is 6.09. The number of hydrogen-bond acceptors (Lipinski definition) is 4. The van der Waals surface area contributed by atoms with Crippen LogP contribution in [-0.2, 0) is 0 Å². The van der Waals surface area contributed by atoms with E-state index in [1.54, 1.807) is 0 Å². The molecule has 5 heteroatoms. The third-order valence-electron chi connectivity index (χ3n) is 9.06. The van der Waals surface area contributed by atoms with Crippen LogP contribution < -0.4 is 9.75 Å². The highest BCUT2D eigenvalue weighted by Crippen LogP contribution is 2.41. The molecule has 2 aromatic heterocycles. The molecule has 1 saturated carbocycles. The number of likely N-dealkylation sites (N-methyl/N-ethyl adjacent to an activating group) is 1. The number of para-hydroxylation sites is 1. The number of allylic oxidation sites excluding steroid dienone is 2. The minimum Gasteiger partial charge on any atom is -0.457 e. The van der Waals surface area contributed by atoms with E-state index in [1.165, 1.54) is 54.0 Å². The van der Waals surface area contributed by atoms with Crippen LogP contribution in [0, 0.1) is 0 Å². The number of benzene rings is 3. The molecule has 3 aliphatic rings. The first kappa shape index (κ1) is 25.1. The molecule has 208 valence electrons. The Labute approximate surface area is 246 Å². The molecule has 1 aliphatic heterocycles. The Hall–Kier alpha value is -4.61. The lowest BCUT2D eigenvalue weighted by molar-refractivity contribution is 0.338.